The summed E-state index contributed by atoms with van der Waals surface area (Å²) >= 11 is 0. The van der Waals surface area contributed by atoms with Crippen molar-refractivity contribution in [3.63, 3.8) is 0 Å². The molecule has 1 aliphatic rings. The van der Waals surface area contributed by atoms with Crippen molar-refractivity contribution in [1.29, 1.82) is 0 Å². The van der Waals surface area contributed by atoms with Crippen molar-refractivity contribution < 1.29 is 9.53 Å². The Bertz CT molecular complexity index is 456. The van der Waals surface area contributed by atoms with Crippen LogP contribution in [0, 0.1) is 0 Å². The number of hydrogen-bond acceptors (Lipinski definition) is 2. The molecule has 0 heterocycles. The molecule has 0 aromatic heterocycles. The van der Waals surface area contributed by atoms with Crippen molar-refractivity contribution in [2.24, 2.45) is 0 Å². The lowest BCUT2D eigenvalue weighted by atomic mass is 9.89. The maximum absolute atomic E-state index is 11.8. The normalized spacial score (nSPS) is 17.4. The molecule has 19 heavy (non-hydrogen) atoms. The van der Waals surface area contributed by atoms with E-state index in [1.807, 2.05) is 6.92 Å². The third-order valence-electron chi connectivity index (χ3n) is 3.95. The summed E-state index contributed by atoms with van der Waals surface area (Å²) in [6.07, 6.45) is 4.53. The number of carbonyl (C=O) groups excluding carboxylic acids is 1. The van der Waals surface area contributed by atoms with E-state index in [9.17, 15) is 4.79 Å². The van der Waals surface area contributed by atoms with Gasteiger partial charge in [0.1, 0.15) is 6.10 Å². The predicted molar refractivity (Wildman–Crippen MR) is 76.1 cm³/mol. The monoisotopic (exact) mass is 261 g/mol. The van der Waals surface area contributed by atoms with Gasteiger partial charge < -0.3 is 10.1 Å². The van der Waals surface area contributed by atoms with Gasteiger partial charge in [-0.25, -0.2) is 0 Å². The minimum Gasteiger partial charge on any atom is -0.372 e. The number of carbonyl (C=O) groups is 1. The molecule has 2 atom stereocenters. The molecule has 2 unspecified atom stereocenters. The number of nitrogens with one attached hydrogen (secondary N) is 1. The minimum atomic E-state index is -0.403. The molecule has 1 amide bonds. The average molecular weight is 261 g/mol. The SMILES string of the molecule is COC(C)C(=O)NC(C)c1ccc2c(c1)CCCC2. The fraction of sp³-hybridized carbons (Fsp3) is 0.562. The van der Waals surface area contributed by atoms with Gasteiger partial charge in [-0.05, 0) is 56.2 Å². The van der Waals surface area contributed by atoms with Gasteiger partial charge in [0.15, 0.2) is 0 Å². The average Bonchev–Trinajstić information content (AvgIpc) is 2.45. The highest BCUT2D eigenvalue weighted by Gasteiger charge is 2.17. The molecule has 104 valence electrons. The molecule has 2 rings (SSSR count). The molecule has 0 aliphatic heterocycles. The van der Waals surface area contributed by atoms with E-state index < -0.39 is 6.10 Å². The number of ether oxygens (including phenoxy) is 1. The van der Waals surface area contributed by atoms with Crippen LogP contribution in [0.5, 0.6) is 0 Å². The van der Waals surface area contributed by atoms with Crippen LogP contribution in [0.15, 0.2) is 18.2 Å². The van der Waals surface area contributed by atoms with E-state index in [-0.39, 0.29) is 11.9 Å². The van der Waals surface area contributed by atoms with E-state index in [0.717, 1.165) is 6.42 Å². The Morgan fingerprint density at radius 3 is 2.58 bits per heavy atom. The summed E-state index contributed by atoms with van der Waals surface area (Å²) in [5.74, 6) is -0.0623. The largest absolute Gasteiger partial charge is 0.372 e. The van der Waals surface area contributed by atoms with Crippen molar-refractivity contribution in [3.8, 4) is 0 Å². The van der Waals surface area contributed by atoms with Crippen LogP contribution in [0.3, 0.4) is 0 Å². The standard InChI is InChI=1S/C16H23NO2/c1-11(17-16(18)12(2)19-3)14-9-8-13-6-4-5-7-15(13)10-14/h8-12H,4-7H2,1-3H3,(H,17,18). The van der Waals surface area contributed by atoms with Gasteiger partial charge in [-0.3, -0.25) is 4.79 Å². The lowest BCUT2D eigenvalue weighted by Gasteiger charge is -2.21. The van der Waals surface area contributed by atoms with Crippen LogP contribution in [0.2, 0.25) is 0 Å². The van der Waals surface area contributed by atoms with E-state index in [0.29, 0.717) is 0 Å². The van der Waals surface area contributed by atoms with Crippen molar-refractivity contribution in [3.05, 3.63) is 34.9 Å². The number of amides is 1. The van der Waals surface area contributed by atoms with Crippen LogP contribution in [-0.2, 0) is 22.4 Å². The van der Waals surface area contributed by atoms with Gasteiger partial charge in [0.25, 0.3) is 0 Å². The predicted octanol–water partition coefficient (Wildman–Crippen LogP) is 2.78. The van der Waals surface area contributed by atoms with Crippen molar-refractivity contribution in [1.82, 2.24) is 5.32 Å². The van der Waals surface area contributed by atoms with Gasteiger partial charge >= 0.3 is 0 Å². The van der Waals surface area contributed by atoms with Crippen LogP contribution in [0.25, 0.3) is 0 Å². The first-order valence-electron chi connectivity index (χ1n) is 7.06. The van der Waals surface area contributed by atoms with Crippen LogP contribution < -0.4 is 5.32 Å². The second-order valence-corrected chi connectivity index (χ2v) is 5.34. The summed E-state index contributed by atoms with van der Waals surface area (Å²) in [5.41, 5.74) is 4.10. The van der Waals surface area contributed by atoms with E-state index in [4.69, 9.17) is 4.74 Å². The second-order valence-electron chi connectivity index (χ2n) is 5.34. The first-order chi connectivity index (χ1) is 9.11. The molecule has 0 fully saturated rings. The Hall–Kier alpha value is -1.35. The molecule has 0 bridgehead atoms. The van der Waals surface area contributed by atoms with E-state index in [1.54, 1.807) is 14.0 Å². The number of benzene rings is 1. The first kappa shape index (κ1) is 14.1. The Balaban J connectivity index is 2.07. The molecule has 3 nitrogen and oxygen atoms in total. The van der Waals surface area contributed by atoms with Gasteiger partial charge in [0.05, 0.1) is 6.04 Å². The van der Waals surface area contributed by atoms with E-state index in [1.165, 1.54) is 36.0 Å². The maximum atomic E-state index is 11.8. The summed E-state index contributed by atoms with van der Waals surface area (Å²) in [4.78, 5) is 11.8. The third kappa shape index (κ3) is 3.35. The topological polar surface area (TPSA) is 38.3 Å². The summed E-state index contributed by atoms with van der Waals surface area (Å²) in [6.45, 7) is 3.78. The Kier molecular flexibility index (Phi) is 4.59. The summed E-state index contributed by atoms with van der Waals surface area (Å²) < 4.78 is 5.03. The number of aryl methyl sites for hydroxylation is 2. The molecule has 0 saturated carbocycles. The van der Waals surface area contributed by atoms with Gasteiger partial charge in [-0.15, -0.1) is 0 Å². The highest BCUT2D eigenvalue weighted by Crippen LogP contribution is 2.24. The first-order valence-corrected chi connectivity index (χ1v) is 7.06. The number of hydrogen-bond donors (Lipinski definition) is 1. The Morgan fingerprint density at radius 2 is 1.89 bits per heavy atom. The van der Waals surface area contributed by atoms with Crippen molar-refractivity contribution in [2.75, 3.05) is 7.11 Å². The Labute approximate surface area is 115 Å². The lowest BCUT2D eigenvalue weighted by molar-refractivity contribution is -0.130. The summed E-state index contributed by atoms with van der Waals surface area (Å²) in [5, 5.41) is 2.99. The molecule has 1 aliphatic carbocycles. The van der Waals surface area contributed by atoms with Crippen molar-refractivity contribution in [2.45, 2.75) is 51.7 Å². The fourth-order valence-electron chi connectivity index (χ4n) is 2.54. The number of methoxy groups -OCH3 is 1. The van der Waals surface area contributed by atoms with E-state index in [2.05, 4.69) is 23.5 Å². The van der Waals surface area contributed by atoms with Crippen LogP contribution in [0.1, 0.15) is 49.4 Å². The molecule has 0 saturated heterocycles. The molecule has 0 spiro atoms. The van der Waals surface area contributed by atoms with Gasteiger partial charge in [0.2, 0.25) is 5.91 Å². The number of rotatable bonds is 4. The number of fused-ring (bicyclic) bond motifs is 1. The molecule has 1 aromatic rings. The van der Waals surface area contributed by atoms with E-state index >= 15 is 0 Å². The van der Waals surface area contributed by atoms with Gasteiger partial charge in [0, 0.05) is 7.11 Å². The summed E-state index contributed by atoms with van der Waals surface area (Å²) in [6, 6.07) is 6.62. The molecular weight excluding hydrogens is 238 g/mol. The second kappa shape index (κ2) is 6.20. The van der Waals surface area contributed by atoms with Gasteiger partial charge in [-0.1, -0.05) is 18.2 Å². The van der Waals surface area contributed by atoms with Crippen molar-refractivity contribution >= 4 is 5.91 Å². The highest BCUT2D eigenvalue weighted by molar-refractivity contribution is 5.80. The smallest absolute Gasteiger partial charge is 0.249 e. The zero-order chi connectivity index (χ0) is 13.8. The van der Waals surface area contributed by atoms with Gasteiger partial charge in [-0.2, -0.15) is 0 Å². The highest BCUT2D eigenvalue weighted by atomic mass is 16.5. The minimum absolute atomic E-state index is 0.0253. The zero-order valence-electron chi connectivity index (χ0n) is 12.0. The molecule has 3 heteroatoms. The van der Waals surface area contributed by atoms with Crippen LogP contribution in [-0.4, -0.2) is 19.1 Å². The molecule has 0 radical (unpaired) electrons. The molecule has 1 N–H and O–H groups in total. The fourth-order valence-corrected chi connectivity index (χ4v) is 2.54. The maximum Gasteiger partial charge on any atom is 0.249 e. The zero-order valence-corrected chi connectivity index (χ0v) is 12.0. The third-order valence-corrected chi connectivity index (χ3v) is 3.95. The Morgan fingerprint density at radius 1 is 1.21 bits per heavy atom. The molecule has 1 aromatic carbocycles. The van der Waals surface area contributed by atoms with Crippen LogP contribution in [0.4, 0.5) is 0 Å². The summed E-state index contributed by atoms with van der Waals surface area (Å²) in [7, 11) is 1.55. The van der Waals surface area contributed by atoms with Crippen LogP contribution >= 0.6 is 0 Å². The molecular formula is C16H23NO2. The quantitative estimate of drug-likeness (QED) is 0.905. The lowest BCUT2D eigenvalue weighted by Crippen LogP contribution is -2.35.